The molecule has 1 atom stereocenters. The molecule has 154 valence electrons. The number of aromatic nitrogens is 4. The lowest BCUT2D eigenvalue weighted by atomic mass is 10.1. The summed E-state index contributed by atoms with van der Waals surface area (Å²) in [7, 11) is 3.13. The molecule has 0 aliphatic carbocycles. The first-order valence-electron chi connectivity index (χ1n) is 9.65. The average Bonchev–Trinajstić information content (AvgIpc) is 3.11. The molecule has 0 saturated carbocycles. The van der Waals surface area contributed by atoms with Crippen LogP contribution in [0, 0.1) is 0 Å². The minimum absolute atomic E-state index is 0.0300. The van der Waals surface area contributed by atoms with Gasteiger partial charge in [-0.15, -0.1) is 0 Å². The van der Waals surface area contributed by atoms with Gasteiger partial charge in [0.25, 0.3) is 5.56 Å². The van der Waals surface area contributed by atoms with Gasteiger partial charge in [0, 0.05) is 24.7 Å². The van der Waals surface area contributed by atoms with Gasteiger partial charge >= 0.3 is 11.6 Å². The lowest BCUT2D eigenvalue weighted by Crippen LogP contribution is -2.45. The van der Waals surface area contributed by atoms with E-state index in [0.29, 0.717) is 28.7 Å². The molecular weight excluding hydrogens is 402 g/mol. The third kappa shape index (κ3) is 3.41. The highest BCUT2D eigenvalue weighted by molar-refractivity contribution is 6.31. The van der Waals surface area contributed by atoms with Crippen LogP contribution in [0.2, 0.25) is 5.02 Å². The minimum atomic E-state index is -0.388. The molecule has 1 unspecified atom stereocenters. The van der Waals surface area contributed by atoms with Crippen molar-refractivity contribution in [2.24, 2.45) is 14.1 Å². The van der Waals surface area contributed by atoms with E-state index in [-0.39, 0.29) is 17.3 Å². The van der Waals surface area contributed by atoms with Crippen LogP contribution >= 0.6 is 11.6 Å². The molecule has 2 aromatic heterocycles. The van der Waals surface area contributed by atoms with Crippen molar-refractivity contribution in [2.45, 2.75) is 19.5 Å². The van der Waals surface area contributed by atoms with Crippen molar-refractivity contribution in [1.29, 1.82) is 0 Å². The van der Waals surface area contributed by atoms with Gasteiger partial charge in [-0.1, -0.05) is 60.1 Å². The molecule has 0 saturated heterocycles. The molecule has 7 nitrogen and oxygen atoms in total. The second-order valence-electron chi connectivity index (χ2n) is 7.33. The molecule has 0 aliphatic rings. The Kier molecular flexibility index (Phi) is 5.22. The van der Waals surface area contributed by atoms with E-state index >= 15 is 0 Å². The van der Waals surface area contributed by atoms with E-state index in [9.17, 15) is 9.59 Å². The summed E-state index contributed by atoms with van der Waals surface area (Å²) in [6, 6.07) is 17.5. The summed E-state index contributed by atoms with van der Waals surface area (Å²) in [5.74, 6) is 0.625. The van der Waals surface area contributed by atoms with Gasteiger partial charge in [-0.2, -0.15) is 0 Å². The standard InChI is InChI=1S/C22H22ClN5O2/c1-14(15-9-5-4-6-10-15)24-21-25-19-18(20(29)27(3)22(30)26(19)2)28(21)13-16-11-7-8-12-17(16)23/h4-12,14H,13H2,1-3H3,(H,24,25,29)/p+1. The number of imidazole rings is 1. The first kappa shape index (κ1) is 20.0. The number of nitrogens with zero attached hydrogens (tertiary/aromatic N) is 3. The number of fused-ring (bicyclic) bond motifs is 1. The van der Waals surface area contributed by atoms with E-state index in [1.54, 1.807) is 7.05 Å². The van der Waals surface area contributed by atoms with Crippen molar-refractivity contribution in [3.05, 3.63) is 91.6 Å². The van der Waals surface area contributed by atoms with Crippen LogP contribution in [0.1, 0.15) is 24.1 Å². The monoisotopic (exact) mass is 424 g/mol. The Morgan fingerprint density at radius 3 is 2.40 bits per heavy atom. The third-order valence-corrected chi connectivity index (χ3v) is 5.73. The number of halogens is 1. The van der Waals surface area contributed by atoms with Crippen molar-refractivity contribution >= 4 is 28.7 Å². The van der Waals surface area contributed by atoms with Crippen LogP contribution in [0.25, 0.3) is 11.2 Å². The SMILES string of the molecule is CC(Nc1[nH]c2c(c(=O)n(C)c(=O)n2C)[n+]1Cc1ccccc1Cl)c1ccccc1. The average molecular weight is 425 g/mol. The summed E-state index contributed by atoms with van der Waals surface area (Å²) < 4.78 is 4.40. The number of rotatable bonds is 5. The molecule has 0 amide bonds. The van der Waals surface area contributed by atoms with Crippen LogP contribution < -0.4 is 21.1 Å². The highest BCUT2D eigenvalue weighted by atomic mass is 35.5. The zero-order chi connectivity index (χ0) is 21.4. The van der Waals surface area contributed by atoms with Gasteiger partial charge in [-0.05, 0) is 18.6 Å². The lowest BCUT2D eigenvalue weighted by molar-refractivity contribution is -0.648. The molecule has 0 fully saturated rings. The molecule has 2 heterocycles. The second-order valence-corrected chi connectivity index (χ2v) is 7.74. The van der Waals surface area contributed by atoms with Gasteiger partial charge in [0.1, 0.15) is 0 Å². The number of anilines is 1. The first-order chi connectivity index (χ1) is 14.4. The second kappa shape index (κ2) is 7.84. The van der Waals surface area contributed by atoms with Crippen LogP contribution in [-0.2, 0) is 20.6 Å². The van der Waals surface area contributed by atoms with Crippen LogP contribution in [0.3, 0.4) is 0 Å². The summed E-state index contributed by atoms with van der Waals surface area (Å²) in [4.78, 5) is 28.7. The van der Waals surface area contributed by atoms with E-state index in [1.165, 1.54) is 11.6 Å². The molecule has 30 heavy (non-hydrogen) atoms. The van der Waals surface area contributed by atoms with E-state index in [2.05, 4.69) is 10.3 Å². The molecule has 0 spiro atoms. The molecule has 4 rings (SSSR count). The Labute approximate surface area is 178 Å². The summed E-state index contributed by atoms with van der Waals surface area (Å²) in [5, 5.41) is 4.06. The van der Waals surface area contributed by atoms with Crippen LogP contribution in [0.15, 0.2) is 64.2 Å². The minimum Gasteiger partial charge on any atom is -0.271 e. The molecular formula is C22H23ClN5O2+. The first-order valence-corrected chi connectivity index (χ1v) is 10.0. The molecule has 0 bridgehead atoms. The molecule has 2 aromatic carbocycles. The van der Waals surface area contributed by atoms with Crippen molar-refractivity contribution in [3.63, 3.8) is 0 Å². The van der Waals surface area contributed by atoms with Crippen LogP contribution in [0.4, 0.5) is 5.95 Å². The third-order valence-electron chi connectivity index (χ3n) is 5.36. The molecule has 8 heteroatoms. The van der Waals surface area contributed by atoms with Gasteiger partial charge in [0.15, 0.2) is 0 Å². The van der Waals surface area contributed by atoms with Gasteiger partial charge in [-0.25, -0.2) is 14.3 Å². The summed E-state index contributed by atoms with van der Waals surface area (Å²) in [6.45, 7) is 2.41. The Balaban J connectivity index is 1.91. The van der Waals surface area contributed by atoms with Gasteiger partial charge < -0.3 is 0 Å². The Morgan fingerprint density at radius 2 is 1.70 bits per heavy atom. The zero-order valence-electron chi connectivity index (χ0n) is 17.0. The lowest BCUT2D eigenvalue weighted by Gasteiger charge is -2.11. The fourth-order valence-electron chi connectivity index (χ4n) is 3.60. The summed E-state index contributed by atoms with van der Waals surface area (Å²) in [6.07, 6.45) is 0. The zero-order valence-corrected chi connectivity index (χ0v) is 17.8. The van der Waals surface area contributed by atoms with Crippen LogP contribution in [-0.4, -0.2) is 14.1 Å². The number of aromatic amines is 1. The molecule has 0 radical (unpaired) electrons. The number of aryl methyl sites for hydroxylation is 1. The van der Waals surface area contributed by atoms with Gasteiger partial charge in [0.2, 0.25) is 11.2 Å². The van der Waals surface area contributed by atoms with Crippen molar-refractivity contribution in [3.8, 4) is 0 Å². The maximum atomic E-state index is 13.0. The van der Waals surface area contributed by atoms with Gasteiger partial charge in [0.05, 0.1) is 12.6 Å². The number of hydrogen-bond donors (Lipinski definition) is 2. The highest BCUT2D eigenvalue weighted by Gasteiger charge is 2.26. The predicted octanol–water partition coefficient (Wildman–Crippen LogP) is 2.73. The number of nitrogens with one attached hydrogen (secondary N) is 2. The van der Waals surface area contributed by atoms with E-state index < -0.39 is 0 Å². The Bertz CT molecular complexity index is 1340. The topological polar surface area (TPSA) is 75.7 Å². The highest BCUT2D eigenvalue weighted by Crippen LogP contribution is 2.20. The van der Waals surface area contributed by atoms with Crippen LogP contribution in [0.5, 0.6) is 0 Å². The molecule has 2 N–H and O–H groups in total. The molecule has 0 aliphatic heterocycles. The Morgan fingerprint density at radius 1 is 1.03 bits per heavy atom. The van der Waals surface area contributed by atoms with E-state index in [4.69, 9.17) is 11.6 Å². The summed E-state index contributed by atoms with van der Waals surface area (Å²) >= 11 is 6.39. The van der Waals surface area contributed by atoms with E-state index in [1.807, 2.05) is 66.1 Å². The fraction of sp³-hybridized carbons (Fsp3) is 0.227. The normalized spacial score (nSPS) is 12.3. The van der Waals surface area contributed by atoms with Crippen molar-refractivity contribution in [2.75, 3.05) is 5.32 Å². The fourth-order valence-corrected chi connectivity index (χ4v) is 3.80. The van der Waals surface area contributed by atoms with Crippen molar-refractivity contribution < 1.29 is 4.57 Å². The quantitative estimate of drug-likeness (QED) is 0.484. The largest absolute Gasteiger partial charge is 0.358 e. The Hall–Kier alpha value is -3.32. The number of H-pyrrole nitrogens is 1. The molecule has 4 aromatic rings. The predicted molar refractivity (Wildman–Crippen MR) is 118 cm³/mol. The number of benzene rings is 2. The smallest absolute Gasteiger partial charge is 0.271 e. The van der Waals surface area contributed by atoms with E-state index in [0.717, 1.165) is 15.7 Å². The maximum absolute atomic E-state index is 13.0. The summed E-state index contributed by atoms with van der Waals surface area (Å²) in [5.41, 5.74) is 2.08. The van der Waals surface area contributed by atoms with Gasteiger partial charge in [-0.3, -0.25) is 19.2 Å². The maximum Gasteiger partial charge on any atom is 0.358 e. The van der Waals surface area contributed by atoms with Crippen molar-refractivity contribution in [1.82, 2.24) is 14.1 Å². The number of hydrogen-bond acceptors (Lipinski definition) is 3.